The Morgan fingerprint density at radius 1 is 1.50 bits per heavy atom. The lowest BCUT2D eigenvalue weighted by molar-refractivity contribution is 0.162. The summed E-state index contributed by atoms with van der Waals surface area (Å²) >= 11 is 0. The second-order valence-corrected chi connectivity index (χ2v) is 5.39. The van der Waals surface area contributed by atoms with Crippen LogP contribution in [0.1, 0.15) is 44.0 Å². The topological polar surface area (TPSA) is 58.1 Å². The molecule has 0 aliphatic carbocycles. The Balaban J connectivity index is 1.90. The quantitative estimate of drug-likeness (QED) is 0.819. The van der Waals surface area contributed by atoms with Crippen LogP contribution < -0.4 is 5.32 Å². The molecule has 3 rings (SSSR count). The van der Waals surface area contributed by atoms with E-state index in [2.05, 4.69) is 15.3 Å². The van der Waals surface area contributed by atoms with Gasteiger partial charge in [-0.2, -0.15) is 0 Å². The van der Waals surface area contributed by atoms with E-state index in [1.165, 1.54) is 0 Å². The zero-order chi connectivity index (χ0) is 12.7. The van der Waals surface area contributed by atoms with Gasteiger partial charge in [0.1, 0.15) is 6.33 Å². The van der Waals surface area contributed by atoms with E-state index in [9.17, 15) is 4.79 Å². The lowest BCUT2D eigenvalue weighted by atomic mass is 10.00. The maximum atomic E-state index is 12.3. The number of urea groups is 1. The first-order chi connectivity index (χ1) is 8.66. The molecule has 1 fully saturated rings. The molecule has 2 atom stereocenters. The summed E-state index contributed by atoms with van der Waals surface area (Å²) < 4.78 is 0. The number of rotatable bonds is 1. The van der Waals surface area contributed by atoms with Crippen LogP contribution in [0.3, 0.4) is 0 Å². The van der Waals surface area contributed by atoms with E-state index in [4.69, 9.17) is 0 Å². The Kier molecular flexibility index (Phi) is 2.69. The molecule has 0 spiro atoms. The molecular weight excluding hydrogens is 228 g/mol. The summed E-state index contributed by atoms with van der Waals surface area (Å²) in [6, 6.07) is 0.687. The summed E-state index contributed by atoms with van der Waals surface area (Å²) in [6.45, 7) is 3.97. The largest absolute Gasteiger partial charge is 0.336 e. The molecule has 1 saturated heterocycles. The van der Waals surface area contributed by atoms with Crippen molar-refractivity contribution >= 4 is 6.03 Å². The molecule has 2 unspecified atom stereocenters. The van der Waals surface area contributed by atoms with E-state index in [1.807, 2.05) is 24.9 Å². The molecular formula is C13H18N4O. The zero-order valence-corrected chi connectivity index (χ0v) is 10.8. The van der Waals surface area contributed by atoms with Gasteiger partial charge in [0.25, 0.3) is 0 Å². The van der Waals surface area contributed by atoms with Crippen LogP contribution in [0.15, 0.2) is 12.5 Å². The highest BCUT2D eigenvalue weighted by Crippen LogP contribution is 2.42. The molecule has 2 aliphatic rings. The second kappa shape index (κ2) is 4.23. The minimum Gasteiger partial charge on any atom is -0.336 e. The maximum Gasteiger partial charge on any atom is 0.318 e. The van der Waals surface area contributed by atoms with Gasteiger partial charge >= 0.3 is 6.03 Å². The predicted molar refractivity (Wildman–Crippen MR) is 67.0 cm³/mol. The van der Waals surface area contributed by atoms with Crippen molar-refractivity contribution in [1.29, 1.82) is 0 Å². The average Bonchev–Trinajstić information content (AvgIpc) is 2.64. The number of nitrogens with zero attached hydrogens (tertiary/aromatic N) is 3. The monoisotopic (exact) mass is 246 g/mol. The number of nitrogens with one attached hydrogen (secondary N) is 1. The van der Waals surface area contributed by atoms with Crippen LogP contribution in [0.2, 0.25) is 0 Å². The number of hydrogen-bond donors (Lipinski definition) is 1. The third kappa shape index (κ3) is 1.74. The number of aromatic nitrogens is 2. The van der Waals surface area contributed by atoms with E-state index < -0.39 is 0 Å². The third-order valence-corrected chi connectivity index (χ3v) is 3.76. The predicted octanol–water partition coefficient (Wildman–Crippen LogP) is 1.66. The summed E-state index contributed by atoms with van der Waals surface area (Å²) in [5.74, 6) is 0. The molecule has 0 saturated carbocycles. The van der Waals surface area contributed by atoms with E-state index in [-0.39, 0.29) is 18.1 Å². The SMILES string of the molecule is CC(C)NC(=O)N1C2CCC1c1cncnc1C2. The van der Waals surface area contributed by atoms with Gasteiger partial charge in [0.15, 0.2) is 0 Å². The van der Waals surface area contributed by atoms with Crippen LogP contribution in [-0.2, 0) is 6.42 Å². The van der Waals surface area contributed by atoms with Crippen molar-refractivity contribution < 1.29 is 4.79 Å². The van der Waals surface area contributed by atoms with Gasteiger partial charge in [-0.15, -0.1) is 0 Å². The standard InChI is InChI=1S/C13H18N4O/c1-8(2)16-13(18)17-9-3-4-12(17)10-6-14-7-15-11(10)5-9/h6-9,12H,3-5H2,1-2H3,(H,16,18). The number of hydrogen-bond acceptors (Lipinski definition) is 3. The molecule has 5 heteroatoms. The molecule has 1 aromatic rings. The Labute approximate surface area is 107 Å². The third-order valence-electron chi connectivity index (χ3n) is 3.76. The fraction of sp³-hybridized carbons (Fsp3) is 0.615. The van der Waals surface area contributed by atoms with Crippen LogP contribution in [0.4, 0.5) is 4.79 Å². The lowest BCUT2D eigenvalue weighted by Gasteiger charge is -2.35. The second-order valence-electron chi connectivity index (χ2n) is 5.39. The fourth-order valence-electron chi connectivity index (χ4n) is 3.06. The molecule has 1 aromatic heterocycles. The first kappa shape index (κ1) is 11.4. The van der Waals surface area contributed by atoms with Gasteiger partial charge in [0, 0.05) is 30.3 Å². The van der Waals surface area contributed by atoms with Crippen LogP contribution >= 0.6 is 0 Å². The van der Waals surface area contributed by atoms with Crippen molar-refractivity contribution in [3.8, 4) is 0 Å². The van der Waals surface area contributed by atoms with E-state index in [0.29, 0.717) is 6.04 Å². The molecule has 2 amide bonds. The van der Waals surface area contributed by atoms with E-state index in [1.54, 1.807) is 6.33 Å². The van der Waals surface area contributed by atoms with Gasteiger partial charge in [-0.05, 0) is 26.7 Å². The van der Waals surface area contributed by atoms with Crippen LogP contribution in [-0.4, -0.2) is 33.0 Å². The van der Waals surface area contributed by atoms with Crippen molar-refractivity contribution in [1.82, 2.24) is 20.2 Å². The molecule has 0 aromatic carbocycles. The highest BCUT2D eigenvalue weighted by Gasteiger charge is 2.43. The number of carbonyl (C=O) groups is 1. The summed E-state index contributed by atoms with van der Waals surface area (Å²) in [4.78, 5) is 22.7. The van der Waals surface area contributed by atoms with Crippen LogP contribution in [0.5, 0.6) is 0 Å². The van der Waals surface area contributed by atoms with Gasteiger partial charge in [-0.3, -0.25) is 0 Å². The van der Waals surface area contributed by atoms with Gasteiger partial charge in [0.05, 0.1) is 11.7 Å². The number of amides is 2. The fourth-order valence-corrected chi connectivity index (χ4v) is 3.06. The highest BCUT2D eigenvalue weighted by molar-refractivity contribution is 5.76. The van der Waals surface area contributed by atoms with Gasteiger partial charge in [-0.1, -0.05) is 0 Å². The minimum absolute atomic E-state index is 0.0482. The molecule has 2 bridgehead atoms. The van der Waals surface area contributed by atoms with Gasteiger partial charge in [0.2, 0.25) is 0 Å². The normalized spacial score (nSPS) is 25.2. The van der Waals surface area contributed by atoms with Crippen molar-refractivity contribution in [2.45, 2.75) is 51.2 Å². The molecule has 0 radical (unpaired) electrons. The average molecular weight is 246 g/mol. The molecule has 5 nitrogen and oxygen atoms in total. The van der Waals surface area contributed by atoms with Gasteiger partial charge in [-0.25, -0.2) is 14.8 Å². The molecule has 3 heterocycles. The molecule has 2 aliphatic heterocycles. The first-order valence-corrected chi connectivity index (χ1v) is 6.54. The molecule has 18 heavy (non-hydrogen) atoms. The number of carbonyl (C=O) groups excluding carboxylic acids is 1. The van der Waals surface area contributed by atoms with Crippen molar-refractivity contribution in [2.75, 3.05) is 0 Å². The minimum atomic E-state index is 0.0482. The number of fused-ring (bicyclic) bond motifs is 4. The zero-order valence-electron chi connectivity index (χ0n) is 10.8. The highest BCUT2D eigenvalue weighted by atomic mass is 16.2. The Hall–Kier alpha value is -1.65. The van der Waals surface area contributed by atoms with Crippen molar-refractivity contribution in [3.05, 3.63) is 23.8 Å². The lowest BCUT2D eigenvalue weighted by Crippen LogP contribution is -2.49. The smallest absolute Gasteiger partial charge is 0.318 e. The summed E-state index contributed by atoms with van der Waals surface area (Å²) in [5.41, 5.74) is 2.25. The summed E-state index contributed by atoms with van der Waals surface area (Å²) in [6.07, 6.45) is 6.41. The van der Waals surface area contributed by atoms with E-state index >= 15 is 0 Å². The Morgan fingerprint density at radius 2 is 2.33 bits per heavy atom. The van der Waals surface area contributed by atoms with Crippen molar-refractivity contribution in [3.63, 3.8) is 0 Å². The molecule has 96 valence electrons. The maximum absolute atomic E-state index is 12.3. The first-order valence-electron chi connectivity index (χ1n) is 6.54. The molecule has 1 N–H and O–H groups in total. The summed E-state index contributed by atoms with van der Waals surface area (Å²) in [7, 11) is 0. The van der Waals surface area contributed by atoms with Gasteiger partial charge < -0.3 is 10.2 Å². The van der Waals surface area contributed by atoms with Crippen molar-refractivity contribution in [2.24, 2.45) is 0 Å². The van der Waals surface area contributed by atoms with Crippen LogP contribution in [0.25, 0.3) is 0 Å². The van der Waals surface area contributed by atoms with Crippen LogP contribution in [0, 0.1) is 0 Å². The Morgan fingerprint density at radius 3 is 3.11 bits per heavy atom. The summed E-state index contributed by atoms with van der Waals surface area (Å²) in [5, 5.41) is 2.99. The van der Waals surface area contributed by atoms with E-state index in [0.717, 1.165) is 30.5 Å². The Bertz CT molecular complexity index is 474.